The lowest BCUT2D eigenvalue weighted by molar-refractivity contribution is 0.0604. The van der Waals surface area contributed by atoms with Crippen LogP contribution in [0.5, 0.6) is 0 Å². The molecule has 0 aliphatic carbocycles. The van der Waals surface area contributed by atoms with E-state index >= 15 is 0 Å². The molecule has 0 bridgehead atoms. The smallest absolute Gasteiger partial charge is 0.0862 e. The molecule has 1 aliphatic heterocycles. The van der Waals surface area contributed by atoms with Crippen LogP contribution in [-0.2, 0) is 6.54 Å². The molecule has 0 aromatic carbocycles. The van der Waals surface area contributed by atoms with E-state index in [1.165, 1.54) is 12.8 Å². The Morgan fingerprint density at radius 2 is 2.06 bits per heavy atom. The minimum atomic E-state index is -0.384. The Hall–Kier alpha value is -1.07. The second-order valence-corrected chi connectivity index (χ2v) is 6.11. The zero-order valence-electron chi connectivity index (χ0n) is 11.3. The van der Waals surface area contributed by atoms with Crippen molar-refractivity contribution >= 4 is 5.69 Å². The van der Waals surface area contributed by atoms with Crippen molar-refractivity contribution in [2.24, 2.45) is 5.41 Å². The molecule has 1 saturated heterocycles. The maximum absolute atomic E-state index is 10.1. The van der Waals surface area contributed by atoms with Gasteiger partial charge in [-0.3, -0.25) is 4.68 Å². The summed E-state index contributed by atoms with van der Waals surface area (Å²) in [5.41, 5.74) is 6.69. The maximum atomic E-state index is 10.1. The molecular formula is C13H24N4O. The predicted octanol–water partition coefficient (Wildman–Crippen LogP) is 0.948. The van der Waals surface area contributed by atoms with Gasteiger partial charge in [0, 0.05) is 12.7 Å². The van der Waals surface area contributed by atoms with E-state index in [0.29, 0.717) is 17.6 Å². The number of nitrogens with zero attached hydrogens (tertiary/aromatic N) is 3. The number of nitrogens with two attached hydrogens (primary N) is 1. The number of likely N-dealkylation sites (tertiary alicyclic amines) is 1. The van der Waals surface area contributed by atoms with Crippen molar-refractivity contribution in [3.8, 4) is 0 Å². The van der Waals surface area contributed by atoms with Gasteiger partial charge < -0.3 is 15.7 Å². The molecule has 1 unspecified atom stereocenters. The molecule has 1 fully saturated rings. The summed E-state index contributed by atoms with van der Waals surface area (Å²) in [6.07, 6.45) is 5.38. The number of nitrogen functional groups attached to an aromatic ring is 1. The third kappa shape index (κ3) is 3.71. The number of aliphatic hydroxyl groups excluding tert-OH is 1. The molecule has 1 atom stereocenters. The number of aromatic nitrogens is 2. The van der Waals surface area contributed by atoms with E-state index in [1.54, 1.807) is 17.1 Å². The topological polar surface area (TPSA) is 67.3 Å². The molecule has 1 aromatic heterocycles. The molecule has 102 valence electrons. The van der Waals surface area contributed by atoms with Crippen LogP contribution in [0, 0.1) is 5.41 Å². The van der Waals surface area contributed by atoms with Crippen LogP contribution in [0.3, 0.4) is 0 Å². The van der Waals surface area contributed by atoms with Crippen molar-refractivity contribution in [2.45, 2.75) is 39.3 Å². The number of anilines is 1. The van der Waals surface area contributed by atoms with Gasteiger partial charge in [0.25, 0.3) is 0 Å². The van der Waals surface area contributed by atoms with Crippen LogP contribution in [0.15, 0.2) is 12.4 Å². The van der Waals surface area contributed by atoms with E-state index in [4.69, 9.17) is 5.73 Å². The van der Waals surface area contributed by atoms with E-state index in [9.17, 15) is 5.11 Å². The standard InChI is InChI=1S/C13H24N4O/c1-13(2)3-5-16(6-4-13)9-12(18)10-17-8-11(14)7-15-17/h7-8,12,18H,3-6,9-10,14H2,1-2H3. The Balaban J connectivity index is 1.76. The molecule has 1 aliphatic rings. The minimum absolute atomic E-state index is 0.384. The van der Waals surface area contributed by atoms with Crippen molar-refractivity contribution in [1.82, 2.24) is 14.7 Å². The molecular weight excluding hydrogens is 228 g/mol. The number of β-amino-alcohol motifs (C(OH)–C–C–N with tert-alkyl or cyclic N) is 1. The second-order valence-electron chi connectivity index (χ2n) is 6.11. The highest BCUT2D eigenvalue weighted by molar-refractivity contribution is 5.30. The van der Waals surface area contributed by atoms with Crippen LogP contribution < -0.4 is 5.73 Å². The Labute approximate surface area is 109 Å². The number of hydrogen-bond donors (Lipinski definition) is 2. The summed E-state index contributed by atoms with van der Waals surface area (Å²) in [6.45, 7) is 8.00. The maximum Gasteiger partial charge on any atom is 0.0862 e. The first kappa shape index (κ1) is 13.4. The molecule has 0 radical (unpaired) electrons. The molecule has 5 heteroatoms. The van der Waals surface area contributed by atoms with Gasteiger partial charge in [0.1, 0.15) is 0 Å². The van der Waals surface area contributed by atoms with E-state index in [1.807, 2.05) is 0 Å². The lowest BCUT2D eigenvalue weighted by Gasteiger charge is -2.37. The van der Waals surface area contributed by atoms with Crippen LogP contribution in [0.4, 0.5) is 5.69 Å². The number of rotatable bonds is 4. The highest BCUT2D eigenvalue weighted by Crippen LogP contribution is 2.29. The lowest BCUT2D eigenvalue weighted by atomic mass is 9.82. The van der Waals surface area contributed by atoms with Gasteiger partial charge in [0.15, 0.2) is 0 Å². The van der Waals surface area contributed by atoms with Gasteiger partial charge in [-0.1, -0.05) is 13.8 Å². The summed E-state index contributed by atoms with van der Waals surface area (Å²) in [4.78, 5) is 2.34. The van der Waals surface area contributed by atoms with Crippen molar-refractivity contribution in [2.75, 3.05) is 25.4 Å². The highest BCUT2D eigenvalue weighted by Gasteiger charge is 2.26. The molecule has 3 N–H and O–H groups in total. The van der Waals surface area contributed by atoms with Gasteiger partial charge >= 0.3 is 0 Å². The van der Waals surface area contributed by atoms with Crippen molar-refractivity contribution in [1.29, 1.82) is 0 Å². The lowest BCUT2D eigenvalue weighted by Crippen LogP contribution is -2.42. The largest absolute Gasteiger partial charge is 0.396 e. The Bertz CT molecular complexity index is 378. The normalized spacial score (nSPS) is 21.9. The van der Waals surface area contributed by atoms with E-state index in [0.717, 1.165) is 19.6 Å². The van der Waals surface area contributed by atoms with Crippen molar-refractivity contribution < 1.29 is 5.11 Å². The SMILES string of the molecule is CC1(C)CCN(CC(O)Cn2cc(N)cn2)CC1. The van der Waals surface area contributed by atoms with Crippen LogP contribution in [0.25, 0.3) is 0 Å². The van der Waals surface area contributed by atoms with Crippen LogP contribution in [0.2, 0.25) is 0 Å². The Morgan fingerprint density at radius 3 is 2.61 bits per heavy atom. The van der Waals surface area contributed by atoms with Crippen molar-refractivity contribution in [3.05, 3.63) is 12.4 Å². The average Bonchev–Trinajstić information content (AvgIpc) is 2.67. The Kier molecular flexibility index (Phi) is 3.92. The van der Waals surface area contributed by atoms with Gasteiger partial charge in [-0.25, -0.2) is 0 Å². The zero-order chi connectivity index (χ0) is 13.2. The molecule has 0 spiro atoms. The van der Waals surface area contributed by atoms with Crippen LogP contribution in [0.1, 0.15) is 26.7 Å². The Morgan fingerprint density at radius 1 is 1.39 bits per heavy atom. The van der Waals surface area contributed by atoms with Gasteiger partial charge in [-0.15, -0.1) is 0 Å². The fraction of sp³-hybridized carbons (Fsp3) is 0.769. The van der Waals surface area contributed by atoms with E-state index in [-0.39, 0.29) is 6.10 Å². The monoisotopic (exact) mass is 252 g/mol. The molecule has 2 heterocycles. The third-order valence-electron chi connectivity index (χ3n) is 3.73. The second kappa shape index (κ2) is 5.28. The highest BCUT2D eigenvalue weighted by atomic mass is 16.3. The third-order valence-corrected chi connectivity index (χ3v) is 3.73. The van der Waals surface area contributed by atoms with Crippen molar-refractivity contribution in [3.63, 3.8) is 0 Å². The first-order chi connectivity index (χ1) is 8.44. The van der Waals surface area contributed by atoms with Crippen LogP contribution >= 0.6 is 0 Å². The number of hydrogen-bond acceptors (Lipinski definition) is 4. The van der Waals surface area contributed by atoms with E-state index in [2.05, 4.69) is 23.8 Å². The first-order valence-corrected chi connectivity index (χ1v) is 6.63. The van der Waals surface area contributed by atoms with Gasteiger partial charge in [-0.05, 0) is 31.3 Å². The summed E-state index contributed by atoms with van der Waals surface area (Å²) < 4.78 is 1.70. The summed E-state index contributed by atoms with van der Waals surface area (Å²) in [6, 6.07) is 0. The molecule has 18 heavy (non-hydrogen) atoms. The van der Waals surface area contributed by atoms with E-state index < -0.39 is 0 Å². The predicted molar refractivity (Wildman–Crippen MR) is 72.1 cm³/mol. The quantitative estimate of drug-likeness (QED) is 0.837. The summed E-state index contributed by atoms with van der Waals surface area (Å²) >= 11 is 0. The number of piperidine rings is 1. The average molecular weight is 252 g/mol. The minimum Gasteiger partial charge on any atom is -0.396 e. The fourth-order valence-corrected chi connectivity index (χ4v) is 2.39. The molecule has 0 amide bonds. The summed E-state index contributed by atoms with van der Waals surface area (Å²) in [5, 5.41) is 14.1. The van der Waals surface area contributed by atoms with Gasteiger partial charge in [0.2, 0.25) is 0 Å². The van der Waals surface area contributed by atoms with Gasteiger partial charge in [-0.2, -0.15) is 5.10 Å². The molecule has 5 nitrogen and oxygen atoms in total. The molecule has 2 rings (SSSR count). The van der Waals surface area contributed by atoms with Gasteiger partial charge in [0.05, 0.1) is 24.5 Å². The first-order valence-electron chi connectivity index (χ1n) is 6.63. The molecule has 1 aromatic rings. The number of aliphatic hydroxyl groups is 1. The fourth-order valence-electron chi connectivity index (χ4n) is 2.39. The summed E-state index contributed by atoms with van der Waals surface area (Å²) in [5.74, 6) is 0. The van der Waals surface area contributed by atoms with Crippen LogP contribution in [-0.4, -0.2) is 45.5 Å². The summed E-state index contributed by atoms with van der Waals surface area (Å²) in [7, 11) is 0. The zero-order valence-corrected chi connectivity index (χ0v) is 11.3. The molecule has 0 saturated carbocycles.